The smallest absolute Gasteiger partial charge is 0.292 e. The summed E-state index contributed by atoms with van der Waals surface area (Å²) in [6.45, 7) is 7.41. The molecule has 2 aromatic heterocycles. The molecule has 4 heterocycles. The van der Waals surface area contributed by atoms with Gasteiger partial charge in [0.05, 0.1) is 17.4 Å². The average molecular weight is 397 g/mol. The first-order chi connectivity index (χ1) is 13.9. The number of hydrogen-bond donors (Lipinski definition) is 0. The first kappa shape index (κ1) is 19.5. The van der Waals surface area contributed by atoms with Gasteiger partial charge in [0, 0.05) is 50.8 Å². The van der Waals surface area contributed by atoms with Gasteiger partial charge in [-0.1, -0.05) is 19.0 Å². The van der Waals surface area contributed by atoms with Crippen LogP contribution in [0.2, 0.25) is 0 Å². The Hall–Kier alpha value is -2.77. The van der Waals surface area contributed by atoms with Gasteiger partial charge in [-0.2, -0.15) is 0 Å². The average Bonchev–Trinajstić information content (AvgIpc) is 3.23. The van der Waals surface area contributed by atoms with E-state index < -0.39 is 0 Å². The molecule has 0 bridgehead atoms. The standard InChI is InChI=1S/C21H27N5O3/c1-13(2)17-10-19(29-24-17)21(28)25-9-7-16-15(12-25)11-22-20(23-16)18-6-4-5-8-26(18)14(3)27/h10-11,13,18H,4-9,12H2,1-3H3/t18-/m0/s1. The van der Waals surface area contributed by atoms with Crippen LogP contribution in [0.25, 0.3) is 0 Å². The highest BCUT2D eigenvalue weighted by Crippen LogP contribution is 2.30. The molecule has 29 heavy (non-hydrogen) atoms. The molecule has 2 aliphatic heterocycles. The fraction of sp³-hybridized carbons (Fsp3) is 0.571. The summed E-state index contributed by atoms with van der Waals surface area (Å²) in [5.74, 6) is 1.11. The number of rotatable bonds is 3. The Balaban J connectivity index is 1.50. The third-order valence-corrected chi connectivity index (χ3v) is 5.78. The molecule has 0 spiro atoms. The van der Waals surface area contributed by atoms with Crippen LogP contribution in [0.4, 0.5) is 0 Å². The maximum absolute atomic E-state index is 12.8. The predicted octanol–water partition coefficient (Wildman–Crippen LogP) is 2.86. The molecule has 1 saturated heterocycles. The second-order valence-electron chi connectivity index (χ2n) is 8.17. The lowest BCUT2D eigenvalue weighted by molar-refractivity contribution is -0.132. The number of likely N-dealkylation sites (tertiary alicyclic amines) is 1. The fourth-order valence-corrected chi connectivity index (χ4v) is 4.06. The van der Waals surface area contributed by atoms with Crippen LogP contribution in [0.3, 0.4) is 0 Å². The van der Waals surface area contributed by atoms with E-state index in [2.05, 4.69) is 10.1 Å². The fourth-order valence-electron chi connectivity index (χ4n) is 4.06. The van der Waals surface area contributed by atoms with Gasteiger partial charge in [0.2, 0.25) is 11.7 Å². The highest BCUT2D eigenvalue weighted by molar-refractivity contribution is 5.91. The van der Waals surface area contributed by atoms with Gasteiger partial charge in [0.25, 0.3) is 5.91 Å². The Kier molecular flexibility index (Phi) is 5.34. The van der Waals surface area contributed by atoms with Crippen molar-refractivity contribution < 1.29 is 14.1 Å². The van der Waals surface area contributed by atoms with Gasteiger partial charge < -0.3 is 14.3 Å². The summed E-state index contributed by atoms with van der Waals surface area (Å²) in [5.41, 5.74) is 2.69. The number of carbonyl (C=O) groups excluding carboxylic acids is 2. The van der Waals surface area contributed by atoms with E-state index in [-0.39, 0.29) is 29.5 Å². The zero-order valence-electron chi connectivity index (χ0n) is 17.2. The van der Waals surface area contributed by atoms with Crippen LogP contribution in [0, 0.1) is 0 Å². The lowest BCUT2D eigenvalue weighted by atomic mass is 10.0. The maximum Gasteiger partial charge on any atom is 0.292 e. The molecule has 2 aromatic rings. The van der Waals surface area contributed by atoms with E-state index in [1.54, 1.807) is 17.9 Å². The van der Waals surface area contributed by atoms with Crippen molar-refractivity contribution in [2.75, 3.05) is 13.1 Å². The van der Waals surface area contributed by atoms with Crippen molar-refractivity contribution in [3.8, 4) is 0 Å². The number of carbonyl (C=O) groups is 2. The van der Waals surface area contributed by atoms with Gasteiger partial charge in [-0.25, -0.2) is 9.97 Å². The summed E-state index contributed by atoms with van der Waals surface area (Å²) in [7, 11) is 0. The van der Waals surface area contributed by atoms with Crippen molar-refractivity contribution in [3.05, 3.63) is 40.8 Å². The highest BCUT2D eigenvalue weighted by Gasteiger charge is 2.30. The molecule has 154 valence electrons. The van der Waals surface area contributed by atoms with Crippen molar-refractivity contribution in [2.24, 2.45) is 0 Å². The lowest BCUT2D eigenvalue weighted by Crippen LogP contribution is -2.39. The molecule has 0 aromatic carbocycles. The maximum atomic E-state index is 12.8. The van der Waals surface area contributed by atoms with E-state index >= 15 is 0 Å². The van der Waals surface area contributed by atoms with Gasteiger partial charge in [0.15, 0.2) is 5.82 Å². The number of amides is 2. The largest absolute Gasteiger partial charge is 0.351 e. The first-order valence-electron chi connectivity index (χ1n) is 10.3. The van der Waals surface area contributed by atoms with E-state index in [0.29, 0.717) is 19.5 Å². The van der Waals surface area contributed by atoms with Crippen LogP contribution in [-0.4, -0.2) is 49.8 Å². The SMILES string of the molecule is CC(=O)N1CCCC[C@H]1c1ncc2c(n1)CCN(C(=O)c1cc(C(C)C)no1)C2. The minimum atomic E-state index is -0.158. The van der Waals surface area contributed by atoms with Crippen LogP contribution in [0.1, 0.15) is 85.3 Å². The Morgan fingerprint density at radius 1 is 1.24 bits per heavy atom. The molecule has 0 aliphatic carbocycles. The van der Waals surface area contributed by atoms with Gasteiger partial charge in [0.1, 0.15) is 0 Å². The minimum absolute atomic E-state index is 0.0464. The van der Waals surface area contributed by atoms with Crippen molar-refractivity contribution in [2.45, 2.75) is 65.0 Å². The Labute approximate surface area is 170 Å². The van der Waals surface area contributed by atoms with E-state index in [0.717, 1.165) is 48.6 Å². The Bertz CT molecular complexity index is 923. The van der Waals surface area contributed by atoms with E-state index in [4.69, 9.17) is 9.51 Å². The monoisotopic (exact) mass is 397 g/mol. The van der Waals surface area contributed by atoms with Crippen LogP contribution in [-0.2, 0) is 17.8 Å². The molecule has 8 heteroatoms. The van der Waals surface area contributed by atoms with E-state index in [1.165, 1.54) is 0 Å². The molecule has 0 saturated carbocycles. The summed E-state index contributed by atoms with van der Waals surface area (Å²) in [4.78, 5) is 37.7. The predicted molar refractivity (Wildman–Crippen MR) is 105 cm³/mol. The molecule has 1 fully saturated rings. The van der Waals surface area contributed by atoms with E-state index in [1.807, 2.05) is 24.9 Å². The molecule has 4 rings (SSSR count). The minimum Gasteiger partial charge on any atom is -0.351 e. The van der Waals surface area contributed by atoms with Gasteiger partial charge in [-0.15, -0.1) is 0 Å². The summed E-state index contributed by atoms with van der Waals surface area (Å²) < 4.78 is 5.25. The van der Waals surface area contributed by atoms with Crippen molar-refractivity contribution in [3.63, 3.8) is 0 Å². The van der Waals surface area contributed by atoms with Gasteiger partial charge in [-0.3, -0.25) is 9.59 Å². The topological polar surface area (TPSA) is 92.4 Å². The molecular weight excluding hydrogens is 370 g/mol. The van der Waals surface area contributed by atoms with Crippen LogP contribution in [0.15, 0.2) is 16.8 Å². The van der Waals surface area contributed by atoms with Crippen molar-refractivity contribution in [1.82, 2.24) is 24.9 Å². The van der Waals surface area contributed by atoms with Crippen molar-refractivity contribution in [1.29, 1.82) is 0 Å². The Morgan fingerprint density at radius 2 is 2.07 bits per heavy atom. The third-order valence-electron chi connectivity index (χ3n) is 5.78. The second kappa shape index (κ2) is 7.93. The van der Waals surface area contributed by atoms with Crippen LogP contribution in [0.5, 0.6) is 0 Å². The molecule has 2 amide bonds. The summed E-state index contributed by atoms with van der Waals surface area (Å²) in [5, 5.41) is 3.98. The quantitative estimate of drug-likeness (QED) is 0.791. The third kappa shape index (κ3) is 3.88. The Morgan fingerprint density at radius 3 is 2.79 bits per heavy atom. The first-order valence-corrected chi connectivity index (χ1v) is 10.3. The number of piperidine rings is 1. The van der Waals surface area contributed by atoms with Gasteiger partial charge >= 0.3 is 0 Å². The zero-order valence-corrected chi connectivity index (χ0v) is 17.2. The molecule has 8 nitrogen and oxygen atoms in total. The summed E-state index contributed by atoms with van der Waals surface area (Å²) in [6.07, 6.45) is 5.47. The highest BCUT2D eigenvalue weighted by atomic mass is 16.5. The van der Waals surface area contributed by atoms with E-state index in [9.17, 15) is 9.59 Å². The lowest BCUT2D eigenvalue weighted by Gasteiger charge is -2.34. The second-order valence-corrected chi connectivity index (χ2v) is 8.17. The molecule has 2 aliphatic rings. The number of aromatic nitrogens is 3. The number of fused-ring (bicyclic) bond motifs is 1. The molecular formula is C21H27N5O3. The molecule has 0 unspecified atom stereocenters. The molecule has 0 N–H and O–H groups in total. The molecule has 1 atom stereocenters. The van der Waals surface area contributed by atoms with Gasteiger partial charge in [-0.05, 0) is 25.2 Å². The van der Waals surface area contributed by atoms with Crippen molar-refractivity contribution >= 4 is 11.8 Å². The molecule has 0 radical (unpaired) electrons. The number of hydrogen-bond acceptors (Lipinski definition) is 6. The normalized spacial score (nSPS) is 19.4. The summed E-state index contributed by atoms with van der Waals surface area (Å²) in [6, 6.07) is 1.68. The zero-order chi connectivity index (χ0) is 20.5. The number of nitrogens with zero attached hydrogens (tertiary/aromatic N) is 5. The summed E-state index contributed by atoms with van der Waals surface area (Å²) >= 11 is 0. The van der Waals surface area contributed by atoms with Crippen LogP contribution < -0.4 is 0 Å². The van der Waals surface area contributed by atoms with Crippen LogP contribution >= 0.6 is 0 Å².